The molecule has 22 heavy (non-hydrogen) atoms. The number of sulfonamides is 1. The van der Waals surface area contributed by atoms with Crippen molar-refractivity contribution in [2.75, 3.05) is 26.2 Å². The predicted octanol–water partition coefficient (Wildman–Crippen LogP) is 2.91. The summed E-state index contributed by atoms with van der Waals surface area (Å²) in [5, 5.41) is 3.49. The van der Waals surface area contributed by atoms with E-state index in [1.807, 2.05) is 6.92 Å². The first kappa shape index (κ1) is 19.6. The van der Waals surface area contributed by atoms with Crippen molar-refractivity contribution in [1.82, 2.24) is 9.62 Å². The van der Waals surface area contributed by atoms with Gasteiger partial charge in [-0.1, -0.05) is 18.5 Å². The Hall–Kier alpha value is -0.400. The number of nitrogens with zero attached hydrogens (tertiary/aromatic N) is 1. The molecule has 0 aliphatic carbocycles. The second-order valence-corrected chi connectivity index (χ2v) is 7.57. The fourth-order valence-corrected chi connectivity index (χ4v) is 4.31. The van der Waals surface area contributed by atoms with Crippen molar-refractivity contribution in [3.8, 4) is 0 Å². The molecule has 1 aromatic rings. The van der Waals surface area contributed by atoms with Gasteiger partial charge in [-0.2, -0.15) is 4.31 Å². The van der Waals surface area contributed by atoms with Gasteiger partial charge in [0, 0.05) is 18.1 Å². The highest BCUT2D eigenvalue weighted by atomic mass is 35.5. The third-order valence-electron chi connectivity index (χ3n) is 3.77. The summed E-state index contributed by atoms with van der Waals surface area (Å²) < 4.78 is 40.1. The van der Waals surface area contributed by atoms with Gasteiger partial charge in [-0.05, 0) is 50.0 Å². The fourth-order valence-electron chi connectivity index (χ4n) is 2.52. The highest BCUT2D eigenvalue weighted by molar-refractivity contribution is 7.89. The first-order chi connectivity index (χ1) is 9.95. The SMILES string of the molecule is CCNCC1CCN(S(=O)(=O)c2cc(Cl)ccc2F)CC1.Cl. The fraction of sp³-hybridized carbons (Fsp3) is 0.571. The molecule has 1 N–H and O–H groups in total. The summed E-state index contributed by atoms with van der Waals surface area (Å²) in [6.07, 6.45) is 1.57. The van der Waals surface area contributed by atoms with E-state index >= 15 is 0 Å². The van der Waals surface area contributed by atoms with E-state index in [2.05, 4.69) is 5.32 Å². The van der Waals surface area contributed by atoms with Gasteiger partial charge in [-0.15, -0.1) is 12.4 Å². The number of rotatable bonds is 5. The number of piperidine rings is 1. The molecule has 2 rings (SSSR count). The molecule has 1 heterocycles. The van der Waals surface area contributed by atoms with Gasteiger partial charge in [-0.25, -0.2) is 12.8 Å². The predicted molar refractivity (Wildman–Crippen MR) is 88.7 cm³/mol. The van der Waals surface area contributed by atoms with Crippen LogP contribution in [0.4, 0.5) is 4.39 Å². The Morgan fingerprint density at radius 2 is 2.00 bits per heavy atom. The second-order valence-electron chi connectivity index (χ2n) is 5.23. The molecule has 0 bridgehead atoms. The van der Waals surface area contributed by atoms with E-state index in [4.69, 9.17) is 11.6 Å². The van der Waals surface area contributed by atoms with E-state index in [-0.39, 0.29) is 22.3 Å². The molecule has 0 radical (unpaired) electrons. The number of halogens is 3. The summed E-state index contributed by atoms with van der Waals surface area (Å²) >= 11 is 5.78. The van der Waals surface area contributed by atoms with Crippen molar-refractivity contribution < 1.29 is 12.8 Å². The normalized spacial score (nSPS) is 17.2. The maximum atomic E-state index is 13.8. The molecule has 0 aromatic heterocycles. The standard InChI is InChI=1S/C14H20ClFN2O2S.ClH/c1-2-17-10-11-5-7-18(8-6-11)21(19,20)14-9-12(15)3-4-13(14)16;/h3-4,9,11,17H,2,5-8,10H2,1H3;1H. The zero-order chi connectivity index (χ0) is 15.5. The van der Waals surface area contributed by atoms with Crippen molar-refractivity contribution in [2.24, 2.45) is 5.92 Å². The quantitative estimate of drug-likeness (QED) is 0.866. The van der Waals surface area contributed by atoms with Gasteiger partial charge in [0.1, 0.15) is 10.7 Å². The smallest absolute Gasteiger partial charge is 0.246 e. The molecule has 1 aliphatic rings. The summed E-state index contributed by atoms with van der Waals surface area (Å²) in [5.41, 5.74) is 0. The molecule has 1 fully saturated rings. The Bertz CT molecular complexity index is 591. The van der Waals surface area contributed by atoms with Gasteiger partial charge < -0.3 is 5.32 Å². The Morgan fingerprint density at radius 1 is 1.36 bits per heavy atom. The van der Waals surface area contributed by atoms with Crippen LogP contribution in [0, 0.1) is 11.7 Å². The van der Waals surface area contributed by atoms with Crippen molar-refractivity contribution in [1.29, 1.82) is 0 Å². The largest absolute Gasteiger partial charge is 0.317 e. The molecular formula is C14H21Cl2FN2O2S. The molecule has 1 aliphatic heterocycles. The third-order valence-corrected chi connectivity index (χ3v) is 5.92. The summed E-state index contributed by atoms with van der Waals surface area (Å²) in [5.74, 6) is -0.283. The molecule has 0 saturated carbocycles. The van der Waals surface area contributed by atoms with E-state index in [1.165, 1.54) is 16.4 Å². The van der Waals surface area contributed by atoms with Crippen LogP contribution in [0.1, 0.15) is 19.8 Å². The van der Waals surface area contributed by atoms with Crippen LogP contribution in [0.25, 0.3) is 0 Å². The van der Waals surface area contributed by atoms with Crippen LogP contribution in [0.2, 0.25) is 5.02 Å². The molecule has 4 nitrogen and oxygen atoms in total. The third kappa shape index (κ3) is 4.55. The van der Waals surface area contributed by atoms with Crippen LogP contribution < -0.4 is 5.32 Å². The van der Waals surface area contributed by atoms with Crippen molar-refractivity contribution in [2.45, 2.75) is 24.7 Å². The Morgan fingerprint density at radius 3 is 2.59 bits per heavy atom. The highest BCUT2D eigenvalue weighted by Gasteiger charge is 2.31. The minimum absolute atomic E-state index is 0. The minimum Gasteiger partial charge on any atom is -0.317 e. The Balaban J connectivity index is 0.00000242. The lowest BCUT2D eigenvalue weighted by atomic mass is 9.98. The lowest BCUT2D eigenvalue weighted by molar-refractivity contribution is 0.268. The summed E-state index contributed by atoms with van der Waals surface area (Å²) in [6.45, 7) is 4.69. The first-order valence-corrected chi connectivity index (χ1v) is 8.93. The highest BCUT2D eigenvalue weighted by Crippen LogP contribution is 2.26. The zero-order valence-corrected chi connectivity index (χ0v) is 14.8. The average Bonchev–Trinajstić information content (AvgIpc) is 2.48. The van der Waals surface area contributed by atoms with E-state index in [9.17, 15) is 12.8 Å². The maximum absolute atomic E-state index is 13.8. The second kappa shape index (κ2) is 8.45. The molecule has 0 spiro atoms. The minimum atomic E-state index is -3.81. The Kier molecular flexibility index (Phi) is 7.55. The van der Waals surface area contributed by atoms with Crippen molar-refractivity contribution in [3.05, 3.63) is 29.0 Å². The molecule has 0 unspecified atom stereocenters. The van der Waals surface area contributed by atoms with Crippen LogP contribution in [-0.2, 0) is 10.0 Å². The molecule has 1 aromatic carbocycles. The average molecular weight is 371 g/mol. The topological polar surface area (TPSA) is 49.4 Å². The van der Waals surface area contributed by atoms with Crippen LogP contribution >= 0.6 is 24.0 Å². The summed E-state index contributed by atoms with van der Waals surface area (Å²) in [6, 6.07) is 3.61. The van der Waals surface area contributed by atoms with E-state index < -0.39 is 15.8 Å². The van der Waals surface area contributed by atoms with Gasteiger partial charge in [0.25, 0.3) is 0 Å². The Labute approximate surface area is 142 Å². The van der Waals surface area contributed by atoms with Gasteiger partial charge in [0.2, 0.25) is 10.0 Å². The number of hydrogen-bond acceptors (Lipinski definition) is 3. The van der Waals surface area contributed by atoms with E-state index in [0.29, 0.717) is 19.0 Å². The van der Waals surface area contributed by atoms with Gasteiger partial charge >= 0.3 is 0 Å². The molecule has 1 saturated heterocycles. The van der Waals surface area contributed by atoms with E-state index in [1.54, 1.807) is 0 Å². The monoisotopic (exact) mass is 370 g/mol. The van der Waals surface area contributed by atoms with Crippen LogP contribution in [0.15, 0.2) is 23.1 Å². The summed E-state index contributed by atoms with van der Waals surface area (Å²) in [4.78, 5) is -0.333. The summed E-state index contributed by atoms with van der Waals surface area (Å²) in [7, 11) is -3.81. The van der Waals surface area contributed by atoms with Gasteiger partial charge in [0.05, 0.1) is 0 Å². The maximum Gasteiger partial charge on any atom is 0.246 e. The van der Waals surface area contributed by atoms with Crippen molar-refractivity contribution >= 4 is 34.0 Å². The lowest BCUT2D eigenvalue weighted by Crippen LogP contribution is -2.41. The van der Waals surface area contributed by atoms with Crippen molar-refractivity contribution in [3.63, 3.8) is 0 Å². The molecule has 8 heteroatoms. The number of benzene rings is 1. The first-order valence-electron chi connectivity index (χ1n) is 7.11. The van der Waals surface area contributed by atoms with Crippen LogP contribution in [-0.4, -0.2) is 38.9 Å². The van der Waals surface area contributed by atoms with Crippen LogP contribution in [0.3, 0.4) is 0 Å². The number of hydrogen-bond donors (Lipinski definition) is 1. The molecule has 0 atom stereocenters. The molecule has 126 valence electrons. The lowest BCUT2D eigenvalue weighted by Gasteiger charge is -2.31. The zero-order valence-electron chi connectivity index (χ0n) is 12.4. The molecular weight excluding hydrogens is 350 g/mol. The van der Waals surface area contributed by atoms with Crippen LogP contribution in [0.5, 0.6) is 0 Å². The van der Waals surface area contributed by atoms with E-state index in [0.717, 1.165) is 32.0 Å². The molecule has 0 amide bonds. The van der Waals surface area contributed by atoms with Gasteiger partial charge in [-0.3, -0.25) is 0 Å². The number of nitrogens with one attached hydrogen (secondary N) is 1. The van der Waals surface area contributed by atoms with Gasteiger partial charge in [0.15, 0.2) is 0 Å².